The average Bonchev–Trinajstić information content (AvgIpc) is 2.41. The monoisotopic (exact) mass is 270 g/mol. The second-order valence-electron chi connectivity index (χ2n) is 4.41. The molecule has 0 unspecified atom stereocenters. The van der Waals surface area contributed by atoms with Crippen molar-refractivity contribution in [1.82, 2.24) is 5.32 Å². The van der Waals surface area contributed by atoms with Gasteiger partial charge in [-0.3, -0.25) is 4.79 Å². The highest BCUT2D eigenvalue weighted by Gasteiger charge is 2.22. The number of alkyl halides is 2. The lowest BCUT2D eigenvalue weighted by molar-refractivity contribution is -0.120. The second-order valence-corrected chi connectivity index (χ2v) is 4.41. The van der Waals surface area contributed by atoms with E-state index in [9.17, 15) is 13.6 Å². The fourth-order valence-electron chi connectivity index (χ4n) is 2.08. The molecule has 1 aliphatic rings. The van der Waals surface area contributed by atoms with Crippen LogP contribution in [0.25, 0.3) is 0 Å². The van der Waals surface area contributed by atoms with Crippen LogP contribution in [0.4, 0.5) is 14.5 Å². The zero-order valence-corrected chi connectivity index (χ0v) is 10.4. The van der Waals surface area contributed by atoms with Gasteiger partial charge in [0.15, 0.2) is 0 Å². The Kier molecular flexibility index (Phi) is 4.68. The summed E-state index contributed by atoms with van der Waals surface area (Å²) in [4.78, 5) is 12.0. The van der Waals surface area contributed by atoms with Gasteiger partial charge < -0.3 is 15.4 Å². The molecule has 0 bridgehead atoms. The minimum absolute atomic E-state index is 0.0189. The van der Waals surface area contributed by atoms with E-state index in [1.54, 1.807) is 18.2 Å². The van der Waals surface area contributed by atoms with Crippen LogP contribution in [0.3, 0.4) is 0 Å². The zero-order valence-electron chi connectivity index (χ0n) is 10.4. The molecule has 1 heterocycles. The van der Waals surface area contributed by atoms with E-state index >= 15 is 0 Å². The average molecular weight is 270 g/mol. The number of halogens is 2. The van der Waals surface area contributed by atoms with E-state index in [0.717, 1.165) is 19.4 Å². The first kappa shape index (κ1) is 13.7. The van der Waals surface area contributed by atoms with Crippen LogP contribution >= 0.6 is 0 Å². The maximum Gasteiger partial charge on any atom is 0.387 e. The predicted molar refractivity (Wildman–Crippen MR) is 67.3 cm³/mol. The molecule has 0 spiro atoms. The van der Waals surface area contributed by atoms with Gasteiger partial charge in [0.1, 0.15) is 5.75 Å². The molecule has 1 saturated heterocycles. The van der Waals surface area contributed by atoms with Crippen LogP contribution in [0.5, 0.6) is 5.75 Å². The molecular formula is C13H16F2N2O2. The maximum absolute atomic E-state index is 12.2. The molecular weight excluding hydrogens is 254 g/mol. The van der Waals surface area contributed by atoms with Crippen molar-refractivity contribution >= 4 is 11.6 Å². The summed E-state index contributed by atoms with van der Waals surface area (Å²) in [6.07, 6.45) is 1.74. The summed E-state index contributed by atoms with van der Waals surface area (Å²) in [5.74, 6) is -0.319. The van der Waals surface area contributed by atoms with E-state index in [0.29, 0.717) is 6.54 Å². The van der Waals surface area contributed by atoms with Crippen molar-refractivity contribution in [3.63, 3.8) is 0 Å². The Labute approximate surface area is 110 Å². The number of hydrogen-bond acceptors (Lipinski definition) is 3. The van der Waals surface area contributed by atoms with Crippen molar-refractivity contribution in [2.75, 3.05) is 18.4 Å². The van der Waals surface area contributed by atoms with E-state index < -0.39 is 6.61 Å². The Morgan fingerprint density at radius 3 is 2.89 bits per heavy atom. The summed E-state index contributed by atoms with van der Waals surface area (Å²) in [5.41, 5.74) is 0.276. The maximum atomic E-state index is 12.2. The standard InChI is InChI=1S/C13H16F2N2O2/c14-13(15)19-11-6-2-1-5-10(11)17-12(18)9-4-3-7-16-8-9/h1-2,5-6,9,13,16H,3-4,7-8H2,(H,17,18)/t9-/m0/s1. The third-order valence-electron chi connectivity index (χ3n) is 3.03. The second kappa shape index (κ2) is 6.47. The lowest BCUT2D eigenvalue weighted by Gasteiger charge is -2.22. The van der Waals surface area contributed by atoms with E-state index in [2.05, 4.69) is 15.4 Å². The van der Waals surface area contributed by atoms with Crippen molar-refractivity contribution in [3.05, 3.63) is 24.3 Å². The largest absolute Gasteiger partial charge is 0.433 e. The third-order valence-corrected chi connectivity index (χ3v) is 3.03. The smallest absolute Gasteiger partial charge is 0.387 e. The summed E-state index contributed by atoms with van der Waals surface area (Å²) in [5, 5.41) is 5.78. The van der Waals surface area contributed by atoms with Crippen LogP contribution < -0.4 is 15.4 Å². The first-order chi connectivity index (χ1) is 9.16. The predicted octanol–water partition coefficient (Wildman–Crippen LogP) is 2.23. The van der Waals surface area contributed by atoms with Gasteiger partial charge in [-0.25, -0.2) is 0 Å². The van der Waals surface area contributed by atoms with Crippen molar-refractivity contribution in [1.29, 1.82) is 0 Å². The summed E-state index contributed by atoms with van der Waals surface area (Å²) in [6, 6.07) is 6.19. The first-order valence-electron chi connectivity index (χ1n) is 6.22. The number of nitrogens with one attached hydrogen (secondary N) is 2. The van der Waals surface area contributed by atoms with Crippen molar-refractivity contribution in [2.24, 2.45) is 5.92 Å². The zero-order chi connectivity index (χ0) is 13.7. The van der Waals surface area contributed by atoms with Crippen molar-refractivity contribution in [3.8, 4) is 5.75 Å². The number of carbonyl (C=O) groups is 1. The first-order valence-corrected chi connectivity index (χ1v) is 6.22. The van der Waals surface area contributed by atoms with Gasteiger partial charge in [0.05, 0.1) is 11.6 Å². The van der Waals surface area contributed by atoms with E-state index in [-0.39, 0.29) is 23.3 Å². The van der Waals surface area contributed by atoms with Crippen LogP contribution in [0.1, 0.15) is 12.8 Å². The number of ether oxygens (including phenoxy) is 1. The molecule has 1 fully saturated rings. The molecule has 2 rings (SSSR count). The molecule has 0 aromatic heterocycles. The van der Waals surface area contributed by atoms with Gasteiger partial charge in [-0.1, -0.05) is 12.1 Å². The molecule has 0 radical (unpaired) electrons. The molecule has 1 amide bonds. The van der Waals surface area contributed by atoms with Crippen LogP contribution in [-0.2, 0) is 4.79 Å². The molecule has 0 saturated carbocycles. The Morgan fingerprint density at radius 2 is 2.21 bits per heavy atom. The number of rotatable bonds is 4. The molecule has 19 heavy (non-hydrogen) atoms. The Balaban J connectivity index is 2.03. The Morgan fingerprint density at radius 1 is 1.42 bits per heavy atom. The Bertz CT molecular complexity index is 434. The number of hydrogen-bond donors (Lipinski definition) is 2. The molecule has 1 atom stereocenters. The van der Waals surface area contributed by atoms with Gasteiger partial charge in [0.25, 0.3) is 0 Å². The quantitative estimate of drug-likeness (QED) is 0.882. The van der Waals surface area contributed by atoms with Gasteiger partial charge in [-0.2, -0.15) is 8.78 Å². The molecule has 0 aliphatic carbocycles. The highest BCUT2D eigenvalue weighted by atomic mass is 19.3. The molecule has 6 heteroatoms. The van der Waals surface area contributed by atoms with Crippen molar-refractivity contribution < 1.29 is 18.3 Å². The summed E-state index contributed by atoms with van der Waals surface area (Å²) < 4.78 is 28.9. The third kappa shape index (κ3) is 3.89. The lowest BCUT2D eigenvalue weighted by atomic mass is 9.99. The summed E-state index contributed by atoms with van der Waals surface area (Å²) in [6.45, 7) is -1.38. The van der Waals surface area contributed by atoms with Crippen LogP contribution in [0, 0.1) is 5.92 Å². The molecule has 2 N–H and O–H groups in total. The van der Waals surface area contributed by atoms with Gasteiger partial charge in [-0.15, -0.1) is 0 Å². The number of piperidine rings is 1. The van der Waals surface area contributed by atoms with Gasteiger partial charge in [0, 0.05) is 6.54 Å². The van der Waals surface area contributed by atoms with Gasteiger partial charge in [0.2, 0.25) is 5.91 Å². The summed E-state index contributed by atoms with van der Waals surface area (Å²) in [7, 11) is 0. The summed E-state index contributed by atoms with van der Waals surface area (Å²) >= 11 is 0. The Hall–Kier alpha value is -1.69. The van der Waals surface area contributed by atoms with Gasteiger partial charge in [-0.05, 0) is 31.5 Å². The van der Waals surface area contributed by atoms with Crippen LogP contribution in [-0.4, -0.2) is 25.6 Å². The normalized spacial score (nSPS) is 19.2. The van der Waals surface area contributed by atoms with E-state index in [1.807, 2.05) is 0 Å². The highest BCUT2D eigenvalue weighted by molar-refractivity contribution is 5.94. The number of amides is 1. The van der Waals surface area contributed by atoms with Gasteiger partial charge >= 0.3 is 6.61 Å². The van der Waals surface area contributed by atoms with E-state index in [1.165, 1.54) is 6.07 Å². The fourth-order valence-corrected chi connectivity index (χ4v) is 2.08. The fraction of sp³-hybridized carbons (Fsp3) is 0.462. The number of anilines is 1. The number of carbonyl (C=O) groups excluding carboxylic acids is 1. The van der Waals surface area contributed by atoms with Crippen molar-refractivity contribution in [2.45, 2.75) is 19.5 Å². The van der Waals surface area contributed by atoms with E-state index in [4.69, 9.17) is 0 Å². The topological polar surface area (TPSA) is 50.4 Å². The molecule has 1 aromatic rings. The molecule has 104 valence electrons. The number of para-hydroxylation sites is 2. The SMILES string of the molecule is O=C(Nc1ccccc1OC(F)F)[C@H]1CCCNC1. The molecule has 4 nitrogen and oxygen atoms in total. The highest BCUT2D eigenvalue weighted by Crippen LogP contribution is 2.26. The minimum Gasteiger partial charge on any atom is -0.433 e. The van der Waals surface area contributed by atoms with Crippen LogP contribution in [0.15, 0.2) is 24.3 Å². The lowest BCUT2D eigenvalue weighted by Crippen LogP contribution is -2.37. The number of benzene rings is 1. The molecule has 1 aliphatic heterocycles. The molecule has 1 aromatic carbocycles. The van der Waals surface area contributed by atoms with Crippen LogP contribution in [0.2, 0.25) is 0 Å². The minimum atomic E-state index is -2.91.